The van der Waals surface area contributed by atoms with Gasteiger partial charge in [0.1, 0.15) is 6.04 Å². The van der Waals surface area contributed by atoms with Crippen LogP contribution < -0.4 is 21.3 Å². The number of nitrogens with two attached hydrogens (primary N) is 1. The zero-order valence-electron chi connectivity index (χ0n) is 14.4. The minimum absolute atomic E-state index is 0.131. The van der Waals surface area contributed by atoms with Crippen molar-refractivity contribution < 1.29 is 14.4 Å². The fraction of sp³-hybridized carbons (Fsp3) is 0.211. The molecule has 7 nitrogen and oxygen atoms in total. The van der Waals surface area contributed by atoms with Gasteiger partial charge in [0, 0.05) is 23.5 Å². The van der Waals surface area contributed by atoms with Crippen molar-refractivity contribution >= 4 is 29.2 Å². The van der Waals surface area contributed by atoms with E-state index in [4.69, 9.17) is 5.73 Å². The highest BCUT2D eigenvalue weighted by Gasteiger charge is 2.33. The summed E-state index contributed by atoms with van der Waals surface area (Å²) in [6.45, 7) is 2.54. The molecule has 0 radical (unpaired) electrons. The van der Waals surface area contributed by atoms with Crippen LogP contribution in [0.15, 0.2) is 48.5 Å². The van der Waals surface area contributed by atoms with E-state index in [2.05, 4.69) is 10.6 Å². The molecule has 0 saturated carbocycles. The first-order chi connectivity index (χ1) is 12.4. The number of hydrogen-bond acceptors (Lipinski definition) is 3. The second-order valence-corrected chi connectivity index (χ2v) is 6.21. The average molecular weight is 352 g/mol. The molecule has 0 aliphatic carbocycles. The van der Waals surface area contributed by atoms with Crippen LogP contribution in [-0.2, 0) is 4.79 Å². The highest BCUT2D eigenvalue weighted by Crippen LogP contribution is 2.22. The first-order valence-corrected chi connectivity index (χ1v) is 8.29. The van der Waals surface area contributed by atoms with Gasteiger partial charge < -0.3 is 21.3 Å². The summed E-state index contributed by atoms with van der Waals surface area (Å²) in [5.41, 5.74) is 7.79. The molecule has 1 heterocycles. The Hall–Kier alpha value is -3.35. The number of urea groups is 1. The molecule has 0 bridgehead atoms. The molecule has 4 N–H and O–H groups in total. The van der Waals surface area contributed by atoms with Crippen molar-refractivity contribution in [3.63, 3.8) is 0 Å². The Morgan fingerprint density at radius 3 is 2.58 bits per heavy atom. The summed E-state index contributed by atoms with van der Waals surface area (Å²) >= 11 is 0. The predicted octanol–water partition coefficient (Wildman–Crippen LogP) is 2.02. The van der Waals surface area contributed by atoms with Crippen LogP contribution in [0.2, 0.25) is 0 Å². The van der Waals surface area contributed by atoms with Crippen LogP contribution >= 0.6 is 0 Å². The van der Waals surface area contributed by atoms with Gasteiger partial charge in [0.2, 0.25) is 5.91 Å². The number of primary amides is 1. The Kier molecular flexibility index (Phi) is 4.88. The SMILES string of the molecule is Cc1ccc(N2CCC(NC(=O)c3cccc(NC(N)=O)c3)C2=O)cc1. The molecule has 26 heavy (non-hydrogen) atoms. The first-order valence-electron chi connectivity index (χ1n) is 8.29. The third-order valence-corrected chi connectivity index (χ3v) is 4.25. The van der Waals surface area contributed by atoms with E-state index >= 15 is 0 Å². The summed E-state index contributed by atoms with van der Waals surface area (Å²) in [5.74, 6) is -0.504. The molecule has 3 rings (SSSR count). The summed E-state index contributed by atoms with van der Waals surface area (Å²) < 4.78 is 0. The van der Waals surface area contributed by atoms with E-state index < -0.39 is 12.1 Å². The Morgan fingerprint density at radius 2 is 1.88 bits per heavy atom. The summed E-state index contributed by atoms with van der Waals surface area (Å²) in [5, 5.41) is 5.18. The minimum atomic E-state index is -0.706. The number of hydrogen-bond donors (Lipinski definition) is 3. The third-order valence-electron chi connectivity index (χ3n) is 4.25. The number of nitrogens with zero attached hydrogens (tertiary/aromatic N) is 1. The van der Waals surface area contributed by atoms with Crippen LogP contribution in [0.25, 0.3) is 0 Å². The number of carbonyl (C=O) groups is 3. The molecule has 1 aliphatic rings. The zero-order valence-corrected chi connectivity index (χ0v) is 14.4. The fourth-order valence-electron chi connectivity index (χ4n) is 2.92. The van der Waals surface area contributed by atoms with Crippen molar-refractivity contribution in [3.05, 3.63) is 59.7 Å². The van der Waals surface area contributed by atoms with Crippen LogP contribution in [0.1, 0.15) is 22.3 Å². The predicted molar refractivity (Wildman–Crippen MR) is 99.1 cm³/mol. The molecule has 2 aromatic carbocycles. The lowest BCUT2D eigenvalue weighted by Gasteiger charge is -2.17. The number of rotatable bonds is 4. The van der Waals surface area contributed by atoms with E-state index in [9.17, 15) is 14.4 Å². The Morgan fingerprint density at radius 1 is 1.15 bits per heavy atom. The topological polar surface area (TPSA) is 105 Å². The maximum atomic E-state index is 12.6. The summed E-state index contributed by atoms with van der Waals surface area (Å²) in [6, 6.07) is 12.8. The molecule has 7 heteroatoms. The van der Waals surface area contributed by atoms with E-state index in [0.717, 1.165) is 11.3 Å². The smallest absolute Gasteiger partial charge is 0.316 e. The van der Waals surface area contributed by atoms with Crippen LogP contribution in [0, 0.1) is 6.92 Å². The molecular weight excluding hydrogens is 332 g/mol. The van der Waals surface area contributed by atoms with E-state index in [1.807, 2.05) is 31.2 Å². The van der Waals surface area contributed by atoms with E-state index in [0.29, 0.717) is 24.2 Å². The fourth-order valence-corrected chi connectivity index (χ4v) is 2.92. The van der Waals surface area contributed by atoms with Crippen LogP contribution in [0.4, 0.5) is 16.2 Å². The highest BCUT2D eigenvalue weighted by atomic mass is 16.2. The quantitative estimate of drug-likeness (QED) is 0.784. The lowest BCUT2D eigenvalue weighted by Crippen LogP contribution is -2.41. The summed E-state index contributed by atoms with van der Waals surface area (Å²) in [6.07, 6.45) is 0.539. The molecule has 2 aromatic rings. The van der Waals surface area contributed by atoms with Crippen molar-refractivity contribution in [2.45, 2.75) is 19.4 Å². The van der Waals surface area contributed by atoms with Crippen LogP contribution in [0.5, 0.6) is 0 Å². The summed E-state index contributed by atoms with van der Waals surface area (Å²) in [7, 11) is 0. The number of anilines is 2. The lowest BCUT2D eigenvalue weighted by atomic mass is 10.1. The van der Waals surface area contributed by atoms with Crippen molar-refractivity contribution in [2.75, 3.05) is 16.8 Å². The largest absolute Gasteiger partial charge is 0.351 e. The Labute approximate surface area is 151 Å². The second-order valence-electron chi connectivity index (χ2n) is 6.21. The van der Waals surface area contributed by atoms with Crippen LogP contribution in [-0.4, -0.2) is 30.4 Å². The van der Waals surface area contributed by atoms with Gasteiger partial charge >= 0.3 is 6.03 Å². The van der Waals surface area contributed by atoms with E-state index in [1.54, 1.807) is 23.1 Å². The molecule has 0 aromatic heterocycles. The van der Waals surface area contributed by atoms with Gasteiger partial charge in [-0.15, -0.1) is 0 Å². The van der Waals surface area contributed by atoms with E-state index in [-0.39, 0.29) is 11.8 Å². The molecule has 4 amide bonds. The van der Waals surface area contributed by atoms with Crippen molar-refractivity contribution in [1.29, 1.82) is 0 Å². The van der Waals surface area contributed by atoms with Gasteiger partial charge in [-0.25, -0.2) is 4.79 Å². The van der Waals surface area contributed by atoms with Gasteiger partial charge in [0.05, 0.1) is 0 Å². The standard InChI is InChI=1S/C19H20N4O3/c1-12-5-7-15(8-6-12)23-10-9-16(18(23)25)22-17(24)13-3-2-4-14(11-13)21-19(20)26/h2-8,11,16H,9-10H2,1H3,(H,22,24)(H3,20,21,26). The van der Waals surface area contributed by atoms with E-state index in [1.165, 1.54) is 6.07 Å². The van der Waals surface area contributed by atoms with Gasteiger partial charge in [0.15, 0.2) is 0 Å². The molecule has 134 valence electrons. The molecule has 1 aliphatic heterocycles. The number of aryl methyl sites for hydroxylation is 1. The molecule has 1 saturated heterocycles. The van der Waals surface area contributed by atoms with Crippen molar-refractivity contribution in [1.82, 2.24) is 5.32 Å². The number of benzene rings is 2. The first kappa shape index (κ1) is 17.5. The molecule has 1 atom stereocenters. The van der Waals surface area contributed by atoms with Crippen LogP contribution in [0.3, 0.4) is 0 Å². The maximum Gasteiger partial charge on any atom is 0.316 e. The average Bonchev–Trinajstić information content (AvgIpc) is 2.96. The Balaban J connectivity index is 1.67. The zero-order chi connectivity index (χ0) is 18.7. The molecule has 1 unspecified atom stereocenters. The van der Waals surface area contributed by atoms with Crippen molar-refractivity contribution in [3.8, 4) is 0 Å². The highest BCUT2D eigenvalue weighted by molar-refractivity contribution is 6.04. The minimum Gasteiger partial charge on any atom is -0.351 e. The normalized spacial score (nSPS) is 16.4. The van der Waals surface area contributed by atoms with Crippen molar-refractivity contribution in [2.24, 2.45) is 5.73 Å². The van der Waals surface area contributed by atoms with Gasteiger partial charge in [-0.2, -0.15) is 0 Å². The lowest BCUT2D eigenvalue weighted by molar-refractivity contribution is -0.118. The number of amides is 4. The third kappa shape index (κ3) is 3.83. The molecule has 1 fully saturated rings. The van der Waals surface area contributed by atoms with Gasteiger partial charge in [-0.1, -0.05) is 23.8 Å². The number of carbonyl (C=O) groups excluding carboxylic acids is 3. The van der Waals surface area contributed by atoms with Gasteiger partial charge in [0.25, 0.3) is 5.91 Å². The van der Waals surface area contributed by atoms with Gasteiger partial charge in [-0.05, 0) is 43.7 Å². The Bertz CT molecular complexity index is 848. The molecular formula is C19H20N4O3. The van der Waals surface area contributed by atoms with Gasteiger partial charge in [-0.3, -0.25) is 9.59 Å². The monoisotopic (exact) mass is 352 g/mol. The molecule has 0 spiro atoms. The second kappa shape index (κ2) is 7.26. The summed E-state index contributed by atoms with van der Waals surface area (Å²) in [4.78, 5) is 37.7. The number of nitrogens with one attached hydrogen (secondary N) is 2. The maximum absolute atomic E-state index is 12.6.